The van der Waals surface area contributed by atoms with Gasteiger partial charge in [-0.1, -0.05) is 19.1 Å². The second-order valence-corrected chi connectivity index (χ2v) is 10.1. The van der Waals surface area contributed by atoms with Gasteiger partial charge in [-0.25, -0.2) is 12.7 Å². The van der Waals surface area contributed by atoms with E-state index in [1.807, 2.05) is 12.1 Å². The van der Waals surface area contributed by atoms with Crippen LogP contribution in [0, 0.1) is 11.8 Å². The Kier molecular flexibility index (Phi) is 6.55. The lowest BCUT2D eigenvalue weighted by Gasteiger charge is -2.30. The summed E-state index contributed by atoms with van der Waals surface area (Å²) in [6.07, 6.45) is 5.18. The molecule has 0 saturated carbocycles. The van der Waals surface area contributed by atoms with E-state index < -0.39 is 10.0 Å². The van der Waals surface area contributed by atoms with Crippen LogP contribution in [0.3, 0.4) is 0 Å². The molecule has 0 aromatic heterocycles. The summed E-state index contributed by atoms with van der Waals surface area (Å²) < 4.78 is 24.9. The molecule has 0 spiro atoms. The summed E-state index contributed by atoms with van der Waals surface area (Å²) in [4.78, 5) is 15.0. The molecule has 2 heterocycles. The number of anilines is 1. The summed E-state index contributed by atoms with van der Waals surface area (Å²) in [7, 11) is -3.24. The van der Waals surface area contributed by atoms with Gasteiger partial charge in [0.2, 0.25) is 15.9 Å². The average molecular weight is 394 g/mol. The van der Waals surface area contributed by atoms with Crippen LogP contribution in [0.15, 0.2) is 24.3 Å². The van der Waals surface area contributed by atoms with E-state index in [0.29, 0.717) is 6.54 Å². The van der Waals surface area contributed by atoms with Gasteiger partial charge in [0.25, 0.3) is 0 Å². The summed E-state index contributed by atoms with van der Waals surface area (Å²) in [5.41, 5.74) is 2.02. The van der Waals surface area contributed by atoms with Gasteiger partial charge in [-0.3, -0.25) is 9.69 Å². The lowest BCUT2D eigenvalue weighted by Crippen LogP contribution is -2.43. The molecular weight excluding hydrogens is 362 g/mol. The maximum Gasteiger partial charge on any atom is 0.228 e. The van der Waals surface area contributed by atoms with E-state index in [1.165, 1.54) is 29.0 Å². The molecule has 1 unspecified atom stereocenters. The van der Waals surface area contributed by atoms with Crippen LogP contribution in [-0.4, -0.2) is 56.0 Å². The van der Waals surface area contributed by atoms with Gasteiger partial charge >= 0.3 is 0 Å². The molecule has 2 fully saturated rings. The van der Waals surface area contributed by atoms with Crippen LogP contribution in [0.25, 0.3) is 0 Å². The fraction of sp³-hybridized carbons (Fsp3) is 0.650. The molecule has 0 radical (unpaired) electrons. The Morgan fingerprint density at radius 3 is 2.41 bits per heavy atom. The van der Waals surface area contributed by atoms with Crippen LogP contribution >= 0.6 is 0 Å². The first-order valence-corrected chi connectivity index (χ1v) is 11.7. The number of hydrogen-bond donors (Lipinski definition) is 1. The predicted octanol–water partition coefficient (Wildman–Crippen LogP) is 2.53. The van der Waals surface area contributed by atoms with Crippen LogP contribution in [-0.2, 0) is 21.4 Å². The quantitative estimate of drug-likeness (QED) is 0.835. The summed E-state index contributed by atoms with van der Waals surface area (Å²) in [6.45, 7) is 6.35. The number of benzene rings is 1. The van der Waals surface area contributed by atoms with Crippen LogP contribution < -0.4 is 5.32 Å². The van der Waals surface area contributed by atoms with Gasteiger partial charge in [-0.2, -0.15) is 0 Å². The molecule has 150 valence electrons. The van der Waals surface area contributed by atoms with Crippen molar-refractivity contribution in [3.05, 3.63) is 29.8 Å². The summed E-state index contributed by atoms with van der Waals surface area (Å²) in [6, 6.07) is 8.02. The van der Waals surface area contributed by atoms with Crippen molar-refractivity contribution in [2.75, 3.05) is 37.8 Å². The van der Waals surface area contributed by atoms with Crippen molar-refractivity contribution in [3.8, 4) is 0 Å². The monoisotopic (exact) mass is 393 g/mol. The van der Waals surface area contributed by atoms with Gasteiger partial charge in [0, 0.05) is 25.3 Å². The molecule has 0 aliphatic carbocycles. The number of hydrogen-bond acceptors (Lipinski definition) is 4. The molecule has 1 atom stereocenters. The van der Waals surface area contributed by atoms with E-state index in [0.717, 1.165) is 44.1 Å². The molecule has 27 heavy (non-hydrogen) atoms. The molecule has 1 aromatic rings. The van der Waals surface area contributed by atoms with E-state index in [2.05, 4.69) is 29.3 Å². The maximum atomic E-state index is 12.5. The molecule has 2 aliphatic heterocycles. The first-order valence-electron chi connectivity index (χ1n) is 9.88. The SMILES string of the molecule is CC1CCN(Cc2ccc(NC(=O)C3CCCN(S(C)(=O)=O)C3)cc2)CC1. The Morgan fingerprint density at radius 1 is 1.11 bits per heavy atom. The third-order valence-corrected chi connectivity index (χ3v) is 7.00. The van der Waals surface area contributed by atoms with Gasteiger partial charge in [0.1, 0.15) is 0 Å². The number of rotatable bonds is 5. The van der Waals surface area contributed by atoms with Gasteiger partial charge in [-0.15, -0.1) is 0 Å². The molecule has 1 aromatic carbocycles. The summed E-state index contributed by atoms with van der Waals surface area (Å²) in [5, 5.41) is 2.95. The second-order valence-electron chi connectivity index (χ2n) is 8.11. The van der Waals surface area contributed by atoms with Crippen molar-refractivity contribution in [2.45, 2.75) is 39.2 Å². The lowest BCUT2D eigenvalue weighted by atomic mass is 9.98. The minimum absolute atomic E-state index is 0.0962. The van der Waals surface area contributed by atoms with Crippen molar-refractivity contribution in [2.24, 2.45) is 11.8 Å². The fourth-order valence-electron chi connectivity index (χ4n) is 3.87. The first-order chi connectivity index (χ1) is 12.8. The van der Waals surface area contributed by atoms with E-state index in [9.17, 15) is 13.2 Å². The number of nitrogens with zero attached hydrogens (tertiary/aromatic N) is 2. The van der Waals surface area contributed by atoms with Crippen LogP contribution in [0.5, 0.6) is 0 Å². The molecule has 1 N–H and O–H groups in total. The van der Waals surface area contributed by atoms with Crippen LogP contribution in [0.4, 0.5) is 5.69 Å². The number of carbonyl (C=O) groups is 1. The minimum Gasteiger partial charge on any atom is -0.326 e. The van der Waals surface area contributed by atoms with E-state index in [-0.39, 0.29) is 18.4 Å². The number of likely N-dealkylation sites (tertiary alicyclic amines) is 1. The molecular formula is C20H31N3O3S. The van der Waals surface area contributed by atoms with Crippen molar-refractivity contribution >= 4 is 21.6 Å². The van der Waals surface area contributed by atoms with E-state index >= 15 is 0 Å². The second kappa shape index (κ2) is 8.71. The zero-order chi connectivity index (χ0) is 19.4. The topological polar surface area (TPSA) is 69.7 Å². The highest BCUT2D eigenvalue weighted by molar-refractivity contribution is 7.88. The fourth-order valence-corrected chi connectivity index (χ4v) is 4.79. The highest BCUT2D eigenvalue weighted by Crippen LogP contribution is 2.22. The van der Waals surface area contributed by atoms with Crippen molar-refractivity contribution in [1.29, 1.82) is 0 Å². The standard InChI is InChI=1S/C20H31N3O3S/c1-16-9-12-22(13-10-16)14-17-5-7-19(8-6-17)21-20(24)18-4-3-11-23(15-18)27(2,25)26/h5-8,16,18H,3-4,9-15H2,1-2H3,(H,21,24). The smallest absolute Gasteiger partial charge is 0.228 e. The molecule has 1 amide bonds. The zero-order valence-electron chi connectivity index (χ0n) is 16.4. The number of sulfonamides is 1. The Hall–Kier alpha value is -1.44. The predicted molar refractivity (Wildman–Crippen MR) is 108 cm³/mol. The molecule has 7 heteroatoms. The Bertz CT molecular complexity index is 740. The van der Waals surface area contributed by atoms with Gasteiger partial charge in [0.15, 0.2) is 0 Å². The van der Waals surface area contributed by atoms with E-state index in [4.69, 9.17) is 0 Å². The molecule has 2 aliphatic rings. The molecule has 2 saturated heterocycles. The Morgan fingerprint density at radius 2 is 1.78 bits per heavy atom. The maximum absolute atomic E-state index is 12.5. The Labute approximate surface area is 163 Å². The van der Waals surface area contributed by atoms with Crippen molar-refractivity contribution < 1.29 is 13.2 Å². The van der Waals surface area contributed by atoms with Gasteiger partial charge in [-0.05, 0) is 62.4 Å². The zero-order valence-corrected chi connectivity index (χ0v) is 17.2. The highest BCUT2D eigenvalue weighted by Gasteiger charge is 2.30. The normalized spacial score (nSPS) is 23.3. The van der Waals surface area contributed by atoms with Crippen LogP contribution in [0.1, 0.15) is 38.2 Å². The summed E-state index contributed by atoms with van der Waals surface area (Å²) >= 11 is 0. The van der Waals surface area contributed by atoms with Gasteiger partial charge in [0.05, 0.1) is 12.2 Å². The number of piperidine rings is 2. The highest BCUT2D eigenvalue weighted by atomic mass is 32.2. The van der Waals surface area contributed by atoms with Crippen molar-refractivity contribution in [3.63, 3.8) is 0 Å². The number of carbonyl (C=O) groups excluding carboxylic acids is 1. The Balaban J connectivity index is 1.52. The largest absolute Gasteiger partial charge is 0.326 e. The molecule has 6 nitrogen and oxygen atoms in total. The number of amides is 1. The minimum atomic E-state index is -3.24. The average Bonchev–Trinajstić information content (AvgIpc) is 2.64. The third kappa shape index (κ3) is 5.77. The molecule has 3 rings (SSSR count). The third-order valence-electron chi connectivity index (χ3n) is 5.73. The van der Waals surface area contributed by atoms with Gasteiger partial charge < -0.3 is 5.32 Å². The lowest BCUT2D eigenvalue weighted by molar-refractivity contribution is -0.120. The number of nitrogens with one attached hydrogen (secondary N) is 1. The first kappa shape index (κ1) is 20.3. The summed E-state index contributed by atoms with van der Waals surface area (Å²) in [5.74, 6) is 0.446. The molecule has 0 bridgehead atoms. The van der Waals surface area contributed by atoms with Crippen molar-refractivity contribution in [1.82, 2.24) is 9.21 Å². The van der Waals surface area contributed by atoms with E-state index in [1.54, 1.807) is 0 Å². The van der Waals surface area contributed by atoms with Crippen LogP contribution in [0.2, 0.25) is 0 Å².